The van der Waals surface area contributed by atoms with E-state index in [4.69, 9.17) is 0 Å². The molecule has 3 nitrogen and oxygen atoms in total. The smallest absolute Gasteiger partial charge is 0.139 e. The van der Waals surface area contributed by atoms with Gasteiger partial charge < -0.3 is 9.90 Å². The molecule has 0 radical (unpaired) electrons. The van der Waals surface area contributed by atoms with Crippen molar-refractivity contribution in [1.29, 1.82) is 0 Å². The Morgan fingerprint density at radius 3 is 2.64 bits per heavy atom. The number of aliphatic hydroxyl groups is 1. The lowest BCUT2D eigenvalue weighted by molar-refractivity contribution is -0.116. The number of rotatable bonds is 2. The third-order valence-electron chi connectivity index (χ3n) is 2.27. The summed E-state index contributed by atoms with van der Waals surface area (Å²) in [5.74, 6) is 0. The first-order valence-corrected chi connectivity index (χ1v) is 3.96. The van der Waals surface area contributed by atoms with Crippen molar-refractivity contribution in [2.75, 3.05) is 13.1 Å². The van der Waals surface area contributed by atoms with Gasteiger partial charge >= 0.3 is 0 Å². The zero-order chi connectivity index (χ0) is 8.48. The minimum atomic E-state index is -0.405. The highest BCUT2D eigenvalue weighted by atomic mass is 16.3. The Hall–Kier alpha value is -0.410. The van der Waals surface area contributed by atoms with E-state index in [1.54, 1.807) is 0 Å². The Morgan fingerprint density at radius 1 is 1.64 bits per heavy atom. The minimum Gasteiger partial charge on any atom is -0.392 e. The number of likely N-dealkylation sites (tertiary alicyclic amines) is 1. The van der Waals surface area contributed by atoms with Gasteiger partial charge in [0.2, 0.25) is 0 Å². The lowest BCUT2D eigenvalue weighted by Gasteiger charge is -2.29. The third-order valence-corrected chi connectivity index (χ3v) is 2.27. The van der Waals surface area contributed by atoms with E-state index >= 15 is 0 Å². The van der Waals surface area contributed by atoms with Gasteiger partial charge in [-0.05, 0) is 20.3 Å². The number of β-amino-alcohol motifs (C(OH)–C–C–N with tert-alkyl or cyclic N) is 1. The summed E-state index contributed by atoms with van der Waals surface area (Å²) in [6.45, 7) is 5.20. The number of hydrogen-bond donors (Lipinski definition) is 1. The number of carbonyl (C=O) groups is 1. The molecule has 1 N–H and O–H groups in total. The molecule has 3 heteroatoms. The molecule has 1 unspecified atom stereocenters. The molecule has 1 fully saturated rings. The van der Waals surface area contributed by atoms with Crippen LogP contribution in [0.15, 0.2) is 0 Å². The minimum absolute atomic E-state index is 0.241. The second-order valence-corrected chi connectivity index (χ2v) is 3.66. The first kappa shape index (κ1) is 8.68. The molecule has 1 heterocycles. The summed E-state index contributed by atoms with van der Waals surface area (Å²) >= 11 is 0. The summed E-state index contributed by atoms with van der Waals surface area (Å²) in [4.78, 5) is 12.6. The molecule has 0 aliphatic carbocycles. The van der Waals surface area contributed by atoms with Crippen molar-refractivity contribution < 1.29 is 9.90 Å². The van der Waals surface area contributed by atoms with Crippen molar-refractivity contribution in [3.63, 3.8) is 0 Å². The van der Waals surface area contributed by atoms with E-state index in [1.165, 1.54) is 0 Å². The Balaban J connectivity index is 2.55. The van der Waals surface area contributed by atoms with Crippen LogP contribution in [0.2, 0.25) is 0 Å². The predicted octanol–water partition coefficient (Wildman–Crippen LogP) is 0.0305. The fraction of sp³-hybridized carbons (Fsp3) is 0.875. The fourth-order valence-electron chi connectivity index (χ4n) is 1.34. The van der Waals surface area contributed by atoms with Gasteiger partial charge in [-0.1, -0.05) is 0 Å². The molecule has 11 heavy (non-hydrogen) atoms. The fourth-order valence-corrected chi connectivity index (χ4v) is 1.34. The van der Waals surface area contributed by atoms with E-state index in [1.807, 2.05) is 18.7 Å². The molecule has 0 aromatic heterocycles. The summed E-state index contributed by atoms with van der Waals surface area (Å²) in [5, 5.41) is 9.20. The number of aliphatic hydroxyl groups excluding tert-OH is 1. The summed E-state index contributed by atoms with van der Waals surface area (Å²) in [5.41, 5.74) is -0.405. The number of aldehydes is 1. The van der Waals surface area contributed by atoms with Crippen LogP contribution in [0.1, 0.15) is 20.3 Å². The zero-order valence-corrected chi connectivity index (χ0v) is 7.08. The van der Waals surface area contributed by atoms with Crippen molar-refractivity contribution in [2.45, 2.75) is 31.9 Å². The van der Waals surface area contributed by atoms with Gasteiger partial charge in [-0.15, -0.1) is 0 Å². The lowest BCUT2D eigenvalue weighted by atomic mass is 10.1. The monoisotopic (exact) mass is 157 g/mol. The zero-order valence-electron chi connectivity index (χ0n) is 7.08. The molecule has 0 saturated carbocycles. The van der Waals surface area contributed by atoms with Crippen LogP contribution in [0.25, 0.3) is 0 Å². The van der Waals surface area contributed by atoms with E-state index in [2.05, 4.69) is 0 Å². The summed E-state index contributed by atoms with van der Waals surface area (Å²) in [6, 6.07) is 0. The van der Waals surface area contributed by atoms with Crippen LogP contribution >= 0.6 is 0 Å². The van der Waals surface area contributed by atoms with Gasteiger partial charge in [0.25, 0.3) is 0 Å². The standard InChI is InChI=1S/C8H15NO2/c1-8(2,6-10)9-4-3-7(11)5-9/h6-7,11H,3-5H2,1-2H3. The van der Waals surface area contributed by atoms with Crippen LogP contribution in [0.3, 0.4) is 0 Å². The van der Waals surface area contributed by atoms with E-state index in [0.29, 0.717) is 6.54 Å². The first-order valence-electron chi connectivity index (χ1n) is 3.96. The number of nitrogens with zero attached hydrogens (tertiary/aromatic N) is 1. The molecule has 0 spiro atoms. The summed E-state index contributed by atoms with van der Waals surface area (Å²) in [7, 11) is 0. The number of hydrogen-bond acceptors (Lipinski definition) is 3. The summed E-state index contributed by atoms with van der Waals surface area (Å²) in [6.07, 6.45) is 1.48. The van der Waals surface area contributed by atoms with E-state index in [9.17, 15) is 9.90 Å². The predicted molar refractivity (Wildman–Crippen MR) is 42.3 cm³/mol. The quantitative estimate of drug-likeness (QED) is 0.575. The number of carbonyl (C=O) groups excluding carboxylic acids is 1. The average Bonchev–Trinajstić information content (AvgIpc) is 2.36. The largest absolute Gasteiger partial charge is 0.392 e. The highest BCUT2D eigenvalue weighted by molar-refractivity contribution is 5.62. The molecule has 0 bridgehead atoms. The van der Waals surface area contributed by atoms with Gasteiger partial charge in [0.1, 0.15) is 6.29 Å². The van der Waals surface area contributed by atoms with Gasteiger partial charge in [0.15, 0.2) is 0 Å². The van der Waals surface area contributed by atoms with Gasteiger partial charge in [0.05, 0.1) is 11.6 Å². The highest BCUT2D eigenvalue weighted by Crippen LogP contribution is 2.18. The van der Waals surface area contributed by atoms with Gasteiger partial charge in [-0.25, -0.2) is 0 Å². The lowest BCUT2D eigenvalue weighted by Crippen LogP contribution is -2.44. The molecule has 0 amide bonds. The van der Waals surface area contributed by atoms with E-state index < -0.39 is 5.54 Å². The molecule has 64 valence electrons. The second kappa shape index (κ2) is 2.91. The van der Waals surface area contributed by atoms with Crippen LogP contribution in [-0.2, 0) is 4.79 Å². The topological polar surface area (TPSA) is 40.5 Å². The molecule has 1 aliphatic rings. The van der Waals surface area contributed by atoms with Crippen LogP contribution in [0.5, 0.6) is 0 Å². The van der Waals surface area contributed by atoms with Crippen LogP contribution in [-0.4, -0.2) is 41.0 Å². The van der Waals surface area contributed by atoms with Crippen molar-refractivity contribution in [3.8, 4) is 0 Å². The van der Waals surface area contributed by atoms with Crippen molar-refractivity contribution in [3.05, 3.63) is 0 Å². The Bertz CT molecular complexity index is 156. The normalized spacial score (nSPS) is 27.4. The molecule has 1 aliphatic heterocycles. The summed E-state index contributed by atoms with van der Waals surface area (Å²) < 4.78 is 0. The maximum atomic E-state index is 10.6. The first-order chi connectivity index (χ1) is 5.06. The molecule has 0 aromatic rings. The van der Waals surface area contributed by atoms with Gasteiger partial charge in [0, 0.05) is 13.1 Å². The SMILES string of the molecule is CC(C)(C=O)N1CCC(O)C1. The Kier molecular flexibility index (Phi) is 2.30. The second-order valence-electron chi connectivity index (χ2n) is 3.66. The van der Waals surface area contributed by atoms with Gasteiger partial charge in [-0.3, -0.25) is 4.90 Å². The van der Waals surface area contributed by atoms with E-state index in [0.717, 1.165) is 19.3 Å². The maximum Gasteiger partial charge on any atom is 0.139 e. The maximum absolute atomic E-state index is 10.6. The molecular formula is C8H15NO2. The molecule has 1 atom stereocenters. The molecule has 0 aromatic carbocycles. The van der Waals surface area contributed by atoms with Crippen LogP contribution in [0, 0.1) is 0 Å². The Morgan fingerprint density at radius 2 is 2.27 bits per heavy atom. The molecule has 1 saturated heterocycles. The molecular weight excluding hydrogens is 142 g/mol. The average molecular weight is 157 g/mol. The molecule has 1 rings (SSSR count). The highest BCUT2D eigenvalue weighted by Gasteiger charge is 2.32. The van der Waals surface area contributed by atoms with Crippen molar-refractivity contribution in [1.82, 2.24) is 4.90 Å². The third kappa shape index (κ3) is 1.79. The van der Waals surface area contributed by atoms with Crippen LogP contribution in [0.4, 0.5) is 0 Å². The Labute approximate surface area is 67.0 Å². The van der Waals surface area contributed by atoms with Crippen molar-refractivity contribution in [2.24, 2.45) is 0 Å². The van der Waals surface area contributed by atoms with E-state index in [-0.39, 0.29) is 6.10 Å². The van der Waals surface area contributed by atoms with Crippen LogP contribution < -0.4 is 0 Å². The van der Waals surface area contributed by atoms with Gasteiger partial charge in [-0.2, -0.15) is 0 Å². The van der Waals surface area contributed by atoms with Crippen molar-refractivity contribution >= 4 is 6.29 Å².